The molecule has 1 fully saturated rings. The van der Waals surface area contributed by atoms with E-state index in [-0.39, 0.29) is 0 Å². The van der Waals surface area contributed by atoms with Gasteiger partial charge in [-0.3, -0.25) is 0 Å². The molecule has 2 atom stereocenters. The Morgan fingerprint density at radius 2 is 2.38 bits per heavy atom. The zero-order valence-corrected chi connectivity index (χ0v) is 11.3. The SMILES string of the molecule is CC1OCCC1Sc1ccc(C#N)cc1Br. The van der Waals surface area contributed by atoms with Crippen LogP contribution in [0.4, 0.5) is 0 Å². The Bertz CT molecular complexity index is 430. The van der Waals surface area contributed by atoms with Crippen LogP contribution in [0.3, 0.4) is 0 Å². The molecule has 1 heterocycles. The maximum absolute atomic E-state index is 8.78. The number of halogens is 1. The molecule has 2 unspecified atom stereocenters. The van der Waals surface area contributed by atoms with Crippen molar-refractivity contribution in [2.24, 2.45) is 0 Å². The average Bonchev–Trinajstić information content (AvgIpc) is 2.67. The minimum Gasteiger partial charge on any atom is -0.377 e. The van der Waals surface area contributed by atoms with Gasteiger partial charge in [0.2, 0.25) is 0 Å². The molecule has 1 aliphatic heterocycles. The van der Waals surface area contributed by atoms with E-state index in [0.29, 0.717) is 16.9 Å². The normalized spacial score (nSPS) is 24.3. The lowest BCUT2D eigenvalue weighted by molar-refractivity contribution is 0.127. The minimum atomic E-state index is 0.313. The first kappa shape index (κ1) is 12.0. The van der Waals surface area contributed by atoms with Crippen LogP contribution >= 0.6 is 27.7 Å². The molecule has 1 saturated heterocycles. The summed E-state index contributed by atoms with van der Waals surface area (Å²) < 4.78 is 6.53. The zero-order valence-electron chi connectivity index (χ0n) is 8.94. The summed E-state index contributed by atoms with van der Waals surface area (Å²) in [4.78, 5) is 1.18. The summed E-state index contributed by atoms with van der Waals surface area (Å²) in [6, 6.07) is 7.85. The number of thioether (sulfide) groups is 1. The van der Waals surface area contributed by atoms with Crippen molar-refractivity contribution in [1.82, 2.24) is 0 Å². The van der Waals surface area contributed by atoms with Crippen LogP contribution in [0.2, 0.25) is 0 Å². The average molecular weight is 298 g/mol. The molecule has 0 aliphatic carbocycles. The van der Waals surface area contributed by atoms with Gasteiger partial charge in [-0.25, -0.2) is 0 Å². The molecule has 2 rings (SSSR count). The van der Waals surface area contributed by atoms with E-state index in [2.05, 4.69) is 28.9 Å². The molecule has 0 N–H and O–H groups in total. The van der Waals surface area contributed by atoms with Crippen molar-refractivity contribution in [3.63, 3.8) is 0 Å². The molecule has 4 heteroatoms. The maximum Gasteiger partial charge on any atom is 0.0992 e. The summed E-state index contributed by atoms with van der Waals surface area (Å²) in [5.41, 5.74) is 0.687. The van der Waals surface area contributed by atoms with E-state index in [1.807, 2.05) is 30.0 Å². The van der Waals surface area contributed by atoms with Crippen LogP contribution in [-0.2, 0) is 4.74 Å². The fourth-order valence-corrected chi connectivity index (χ4v) is 3.48. The minimum absolute atomic E-state index is 0.313. The molecule has 16 heavy (non-hydrogen) atoms. The summed E-state index contributed by atoms with van der Waals surface area (Å²) in [5.74, 6) is 0. The Labute approximate surface area is 108 Å². The number of hydrogen-bond acceptors (Lipinski definition) is 3. The van der Waals surface area contributed by atoms with Gasteiger partial charge in [0.05, 0.1) is 17.7 Å². The fraction of sp³-hybridized carbons (Fsp3) is 0.417. The van der Waals surface area contributed by atoms with Crippen molar-refractivity contribution in [2.75, 3.05) is 6.61 Å². The molecule has 0 bridgehead atoms. The van der Waals surface area contributed by atoms with Gasteiger partial charge in [-0.15, -0.1) is 11.8 Å². The van der Waals surface area contributed by atoms with Crippen molar-refractivity contribution in [2.45, 2.75) is 29.6 Å². The third-order valence-electron chi connectivity index (χ3n) is 2.65. The molecule has 0 amide bonds. The van der Waals surface area contributed by atoms with Crippen LogP contribution in [0.1, 0.15) is 18.9 Å². The maximum atomic E-state index is 8.78. The monoisotopic (exact) mass is 297 g/mol. The number of ether oxygens (including phenoxy) is 1. The first-order chi connectivity index (χ1) is 7.70. The van der Waals surface area contributed by atoms with Gasteiger partial charge in [-0.2, -0.15) is 5.26 Å². The van der Waals surface area contributed by atoms with Gasteiger partial charge in [0.1, 0.15) is 0 Å². The highest BCUT2D eigenvalue weighted by Gasteiger charge is 2.25. The Hall–Kier alpha value is -0.500. The lowest BCUT2D eigenvalue weighted by atomic mass is 10.2. The zero-order chi connectivity index (χ0) is 11.5. The molecule has 2 nitrogen and oxygen atoms in total. The van der Waals surface area contributed by atoms with Crippen LogP contribution in [0.25, 0.3) is 0 Å². The van der Waals surface area contributed by atoms with E-state index in [1.165, 1.54) is 4.90 Å². The summed E-state index contributed by atoms with van der Waals surface area (Å²) in [6.45, 7) is 2.97. The van der Waals surface area contributed by atoms with Crippen molar-refractivity contribution < 1.29 is 4.74 Å². The largest absolute Gasteiger partial charge is 0.377 e. The highest BCUT2D eigenvalue weighted by Crippen LogP contribution is 2.36. The Morgan fingerprint density at radius 1 is 1.56 bits per heavy atom. The predicted molar refractivity (Wildman–Crippen MR) is 68.5 cm³/mol. The van der Waals surface area contributed by atoms with E-state index < -0.39 is 0 Å². The number of nitriles is 1. The number of benzene rings is 1. The van der Waals surface area contributed by atoms with Crippen LogP contribution in [0, 0.1) is 11.3 Å². The van der Waals surface area contributed by atoms with Gasteiger partial charge in [0.25, 0.3) is 0 Å². The molecule has 0 saturated carbocycles. The smallest absolute Gasteiger partial charge is 0.0992 e. The van der Waals surface area contributed by atoms with Crippen molar-refractivity contribution in [1.29, 1.82) is 5.26 Å². The second kappa shape index (κ2) is 5.22. The molecule has 0 spiro atoms. The van der Waals surface area contributed by atoms with Crippen LogP contribution < -0.4 is 0 Å². The van der Waals surface area contributed by atoms with Crippen molar-refractivity contribution >= 4 is 27.7 Å². The molecule has 0 aromatic heterocycles. The molecule has 1 aliphatic rings. The molecule has 0 radical (unpaired) electrons. The van der Waals surface area contributed by atoms with Gasteiger partial charge in [0.15, 0.2) is 0 Å². The number of nitrogens with zero attached hydrogens (tertiary/aromatic N) is 1. The van der Waals surface area contributed by atoms with Crippen LogP contribution in [-0.4, -0.2) is 18.0 Å². The van der Waals surface area contributed by atoms with Gasteiger partial charge in [-0.05, 0) is 47.5 Å². The van der Waals surface area contributed by atoms with Gasteiger partial charge < -0.3 is 4.74 Å². The third kappa shape index (κ3) is 2.60. The Kier molecular flexibility index (Phi) is 3.91. The van der Waals surface area contributed by atoms with E-state index in [9.17, 15) is 0 Å². The Balaban J connectivity index is 2.13. The standard InChI is InChI=1S/C12H12BrNOS/c1-8-11(4-5-15-8)16-12-3-2-9(7-14)6-10(12)13/h2-3,6,8,11H,4-5H2,1H3. The highest BCUT2D eigenvalue weighted by molar-refractivity contribution is 9.10. The first-order valence-electron chi connectivity index (χ1n) is 5.18. The lowest BCUT2D eigenvalue weighted by Gasteiger charge is -2.14. The second-order valence-electron chi connectivity index (χ2n) is 3.78. The van der Waals surface area contributed by atoms with E-state index in [0.717, 1.165) is 17.5 Å². The molecule has 1 aromatic rings. The number of rotatable bonds is 2. The van der Waals surface area contributed by atoms with Gasteiger partial charge in [0, 0.05) is 21.2 Å². The molecule has 1 aromatic carbocycles. The summed E-state index contributed by atoms with van der Waals surface area (Å²) in [6.07, 6.45) is 1.41. The second-order valence-corrected chi connectivity index (χ2v) is 5.91. The van der Waals surface area contributed by atoms with Gasteiger partial charge in [-0.1, -0.05) is 0 Å². The van der Waals surface area contributed by atoms with E-state index >= 15 is 0 Å². The predicted octanol–water partition coefficient (Wildman–Crippen LogP) is 3.59. The first-order valence-corrected chi connectivity index (χ1v) is 6.86. The third-order valence-corrected chi connectivity index (χ3v) is 5.10. The topological polar surface area (TPSA) is 33.0 Å². The van der Waals surface area contributed by atoms with Gasteiger partial charge >= 0.3 is 0 Å². The lowest BCUT2D eigenvalue weighted by Crippen LogP contribution is -2.13. The quantitative estimate of drug-likeness (QED) is 0.836. The fourth-order valence-electron chi connectivity index (χ4n) is 1.70. The summed E-state index contributed by atoms with van der Waals surface area (Å²) >= 11 is 5.33. The van der Waals surface area contributed by atoms with Crippen LogP contribution in [0.15, 0.2) is 27.6 Å². The summed E-state index contributed by atoms with van der Waals surface area (Å²) in [5, 5.41) is 9.30. The molecule has 84 valence electrons. The highest BCUT2D eigenvalue weighted by atomic mass is 79.9. The summed E-state index contributed by atoms with van der Waals surface area (Å²) in [7, 11) is 0. The van der Waals surface area contributed by atoms with E-state index in [4.69, 9.17) is 10.00 Å². The van der Waals surface area contributed by atoms with Crippen LogP contribution in [0.5, 0.6) is 0 Å². The number of hydrogen-bond donors (Lipinski definition) is 0. The molecular weight excluding hydrogens is 286 g/mol. The van der Waals surface area contributed by atoms with Crippen molar-refractivity contribution in [3.05, 3.63) is 28.2 Å². The molecular formula is C12H12BrNOS. The Morgan fingerprint density at radius 3 is 2.94 bits per heavy atom. The van der Waals surface area contributed by atoms with E-state index in [1.54, 1.807) is 0 Å². The van der Waals surface area contributed by atoms with Crippen molar-refractivity contribution in [3.8, 4) is 6.07 Å².